The summed E-state index contributed by atoms with van der Waals surface area (Å²) in [7, 11) is 0. The van der Waals surface area contributed by atoms with E-state index >= 15 is 0 Å². The number of amides is 1. The quantitative estimate of drug-likeness (QED) is 0.771. The lowest BCUT2D eigenvalue weighted by Gasteiger charge is -2.23. The standard InChI is InChI=1S/C21H27FN4OS/c22-18-6-4-17(5-7-18)21-23-19(16-28-21)14-24-8-3-9-25(13-12-24)15-20(27)26-10-1-2-11-26/h4-7,16H,1-3,8-15H2. The van der Waals surface area contributed by atoms with E-state index in [-0.39, 0.29) is 11.7 Å². The van der Waals surface area contributed by atoms with E-state index < -0.39 is 0 Å². The highest BCUT2D eigenvalue weighted by molar-refractivity contribution is 7.13. The van der Waals surface area contributed by atoms with Gasteiger partial charge in [0.25, 0.3) is 0 Å². The zero-order valence-corrected chi connectivity index (χ0v) is 17.0. The Kier molecular flexibility index (Phi) is 6.34. The summed E-state index contributed by atoms with van der Waals surface area (Å²) >= 11 is 1.60. The van der Waals surface area contributed by atoms with Crippen LogP contribution in [0.15, 0.2) is 29.6 Å². The highest BCUT2D eigenvalue weighted by atomic mass is 32.1. The van der Waals surface area contributed by atoms with Gasteiger partial charge in [0.05, 0.1) is 12.2 Å². The number of benzene rings is 1. The van der Waals surface area contributed by atoms with Crippen LogP contribution in [0.1, 0.15) is 25.0 Å². The first-order valence-corrected chi connectivity index (χ1v) is 11.0. The maximum Gasteiger partial charge on any atom is 0.236 e. The lowest BCUT2D eigenvalue weighted by Crippen LogP contribution is -2.40. The monoisotopic (exact) mass is 402 g/mol. The summed E-state index contributed by atoms with van der Waals surface area (Å²) in [5, 5.41) is 3.03. The number of carbonyl (C=O) groups excluding carboxylic acids is 1. The molecule has 3 heterocycles. The van der Waals surface area contributed by atoms with E-state index in [1.54, 1.807) is 23.5 Å². The van der Waals surface area contributed by atoms with Crippen LogP contribution in [0.4, 0.5) is 4.39 Å². The third-order valence-electron chi connectivity index (χ3n) is 5.53. The maximum atomic E-state index is 13.1. The van der Waals surface area contributed by atoms with Crippen LogP contribution < -0.4 is 0 Å². The molecule has 1 aromatic heterocycles. The fourth-order valence-corrected chi connectivity index (χ4v) is 4.75. The van der Waals surface area contributed by atoms with E-state index in [2.05, 4.69) is 15.2 Å². The van der Waals surface area contributed by atoms with Crippen molar-refractivity contribution in [1.82, 2.24) is 19.7 Å². The Morgan fingerprint density at radius 2 is 1.68 bits per heavy atom. The number of nitrogens with zero attached hydrogens (tertiary/aromatic N) is 4. The topological polar surface area (TPSA) is 39.7 Å². The molecule has 2 saturated heterocycles. The van der Waals surface area contributed by atoms with Gasteiger partial charge < -0.3 is 4.90 Å². The first-order valence-electron chi connectivity index (χ1n) is 10.1. The minimum Gasteiger partial charge on any atom is -0.342 e. The van der Waals surface area contributed by atoms with Crippen molar-refractivity contribution in [2.45, 2.75) is 25.8 Å². The zero-order chi connectivity index (χ0) is 19.3. The highest BCUT2D eigenvalue weighted by Crippen LogP contribution is 2.24. The summed E-state index contributed by atoms with van der Waals surface area (Å²) in [6, 6.07) is 6.50. The molecule has 1 amide bonds. The van der Waals surface area contributed by atoms with Gasteiger partial charge in [-0.3, -0.25) is 14.6 Å². The Morgan fingerprint density at radius 3 is 2.46 bits per heavy atom. The third kappa shape index (κ3) is 4.96. The van der Waals surface area contributed by atoms with Crippen molar-refractivity contribution in [3.05, 3.63) is 41.2 Å². The molecule has 0 bridgehead atoms. The number of thiazole rings is 1. The summed E-state index contributed by atoms with van der Waals surface area (Å²) < 4.78 is 13.1. The molecule has 0 atom stereocenters. The fourth-order valence-electron chi connectivity index (χ4n) is 3.93. The molecule has 2 fully saturated rings. The molecule has 0 unspecified atom stereocenters. The summed E-state index contributed by atoms with van der Waals surface area (Å²) in [5.74, 6) is 0.0623. The van der Waals surface area contributed by atoms with Crippen LogP contribution in [0.3, 0.4) is 0 Å². The normalized spacial score (nSPS) is 19.1. The number of rotatable bonds is 5. The predicted octanol–water partition coefficient (Wildman–Crippen LogP) is 3.08. The largest absolute Gasteiger partial charge is 0.342 e. The summed E-state index contributed by atoms with van der Waals surface area (Å²) in [6.07, 6.45) is 3.36. The van der Waals surface area contributed by atoms with E-state index in [1.807, 2.05) is 4.90 Å². The van der Waals surface area contributed by atoms with E-state index in [1.165, 1.54) is 12.1 Å². The Bertz CT molecular complexity index is 788. The van der Waals surface area contributed by atoms with Gasteiger partial charge in [-0.05, 0) is 56.6 Å². The van der Waals surface area contributed by atoms with Gasteiger partial charge in [0, 0.05) is 43.7 Å². The van der Waals surface area contributed by atoms with Gasteiger partial charge in [-0.15, -0.1) is 11.3 Å². The third-order valence-corrected chi connectivity index (χ3v) is 6.47. The molecule has 4 rings (SSSR count). The van der Waals surface area contributed by atoms with Crippen LogP contribution in [0.5, 0.6) is 0 Å². The summed E-state index contributed by atoms with van der Waals surface area (Å²) in [4.78, 5) is 23.9. The van der Waals surface area contributed by atoms with Crippen molar-refractivity contribution in [1.29, 1.82) is 0 Å². The van der Waals surface area contributed by atoms with E-state index in [4.69, 9.17) is 4.98 Å². The molecule has 5 nitrogen and oxygen atoms in total. The first kappa shape index (κ1) is 19.5. The van der Waals surface area contributed by atoms with Crippen LogP contribution in [0.2, 0.25) is 0 Å². The Morgan fingerprint density at radius 1 is 0.964 bits per heavy atom. The minimum atomic E-state index is -0.224. The van der Waals surface area contributed by atoms with Crippen LogP contribution in [0.25, 0.3) is 10.6 Å². The molecule has 2 aromatic rings. The SMILES string of the molecule is O=C(CN1CCCN(Cc2csc(-c3ccc(F)cc3)n2)CC1)N1CCCC1. The molecule has 0 aliphatic carbocycles. The zero-order valence-electron chi connectivity index (χ0n) is 16.1. The molecule has 0 spiro atoms. The lowest BCUT2D eigenvalue weighted by atomic mass is 10.2. The van der Waals surface area contributed by atoms with Gasteiger partial charge in [-0.25, -0.2) is 9.37 Å². The highest BCUT2D eigenvalue weighted by Gasteiger charge is 2.22. The lowest BCUT2D eigenvalue weighted by molar-refractivity contribution is -0.131. The van der Waals surface area contributed by atoms with Crippen molar-refractivity contribution in [2.75, 3.05) is 45.8 Å². The second-order valence-corrected chi connectivity index (χ2v) is 8.50. The number of aromatic nitrogens is 1. The summed E-state index contributed by atoms with van der Waals surface area (Å²) in [6.45, 7) is 7.12. The molecular formula is C21H27FN4OS. The van der Waals surface area contributed by atoms with Gasteiger partial charge in [0.1, 0.15) is 10.8 Å². The predicted molar refractivity (Wildman–Crippen MR) is 110 cm³/mol. The fraction of sp³-hybridized carbons (Fsp3) is 0.524. The van der Waals surface area contributed by atoms with Crippen molar-refractivity contribution in [2.24, 2.45) is 0 Å². The van der Waals surface area contributed by atoms with Gasteiger partial charge in [-0.2, -0.15) is 0 Å². The molecule has 0 radical (unpaired) electrons. The molecule has 1 aromatic carbocycles. The van der Waals surface area contributed by atoms with Gasteiger partial charge in [0.15, 0.2) is 0 Å². The Balaban J connectivity index is 1.29. The van der Waals surface area contributed by atoms with E-state index in [0.29, 0.717) is 6.54 Å². The Hall–Kier alpha value is -1.83. The van der Waals surface area contributed by atoms with Crippen LogP contribution in [-0.2, 0) is 11.3 Å². The number of hydrogen-bond acceptors (Lipinski definition) is 5. The molecule has 0 N–H and O–H groups in total. The molecule has 2 aliphatic heterocycles. The van der Waals surface area contributed by atoms with Crippen LogP contribution in [-0.4, -0.2) is 71.4 Å². The van der Waals surface area contributed by atoms with E-state index in [9.17, 15) is 9.18 Å². The van der Waals surface area contributed by atoms with Gasteiger partial charge in [0.2, 0.25) is 5.91 Å². The average Bonchev–Trinajstić information content (AvgIpc) is 3.34. The minimum absolute atomic E-state index is 0.224. The van der Waals surface area contributed by atoms with E-state index in [0.717, 1.165) is 81.3 Å². The second-order valence-electron chi connectivity index (χ2n) is 7.64. The van der Waals surface area contributed by atoms with Crippen molar-refractivity contribution in [3.8, 4) is 10.6 Å². The maximum absolute atomic E-state index is 13.1. The number of likely N-dealkylation sites (tertiary alicyclic amines) is 1. The van der Waals surface area contributed by atoms with Crippen LogP contribution >= 0.6 is 11.3 Å². The molecule has 7 heteroatoms. The molecule has 0 saturated carbocycles. The molecular weight excluding hydrogens is 375 g/mol. The summed E-state index contributed by atoms with van der Waals surface area (Å²) in [5.41, 5.74) is 2.02. The van der Waals surface area contributed by atoms with Gasteiger partial charge in [-0.1, -0.05) is 0 Å². The second kappa shape index (κ2) is 9.11. The average molecular weight is 403 g/mol. The van der Waals surface area contributed by atoms with Crippen molar-refractivity contribution in [3.63, 3.8) is 0 Å². The Labute approximate surface area is 169 Å². The smallest absolute Gasteiger partial charge is 0.236 e. The number of hydrogen-bond donors (Lipinski definition) is 0. The van der Waals surface area contributed by atoms with Crippen molar-refractivity contribution < 1.29 is 9.18 Å². The molecule has 28 heavy (non-hydrogen) atoms. The first-order chi connectivity index (χ1) is 13.7. The van der Waals surface area contributed by atoms with Gasteiger partial charge >= 0.3 is 0 Å². The molecule has 2 aliphatic rings. The number of halogens is 1. The number of carbonyl (C=O) groups is 1. The van der Waals surface area contributed by atoms with Crippen LogP contribution in [0, 0.1) is 5.82 Å². The van der Waals surface area contributed by atoms with Crippen molar-refractivity contribution >= 4 is 17.2 Å². The molecule has 150 valence electrons.